The van der Waals surface area contributed by atoms with Crippen LogP contribution in [0.2, 0.25) is 0 Å². The highest BCUT2D eigenvalue weighted by atomic mass is 16.1. The summed E-state index contributed by atoms with van der Waals surface area (Å²) >= 11 is 0. The number of hydrogen-bond acceptors (Lipinski definition) is 3. The first-order valence-corrected chi connectivity index (χ1v) is 9.48. The molecule has 0 saturated heterocycles. The number of carbonyl (C=O) groups is 1. The largest absolute Gasteiger partial charge is 0.349 e. The van der Waals surface area contributed by atoms with Gasteiger partial charge in [-0.2, -0.15) is 5.10 Å². The van der Waals surface area contributed by atoms with Gasteiger partial charge in [-0.15, -0.1) is 0 Å². The minimum absolute atomic E-state index is 0.0571. The first kappa shape index (κ1) is 17.5. The monoisotopic (exact) mass is 332 g/mol. The molecule has 0 radical (unpaired) electrons. The fourth-order valence-electron chi connectivity index (χ4n) is 4.97. The van der Waals surface area contributed by atoms with Crippen LogP contribution in [0.4, 0.5) is 0 Å². The topological polar surface area (TPSA) is 72.9 Å². The maximum Gasteiger partial charge on any atom is 0.223 e. The zero-order valence-corrected chi connectivity index (χ0v) is 15.5. The highest BCUT2D eigenvalue weighted by Crippen LogP contribution is 2.42. The zero-order chi connectivity index (χ0) is 17.4. The molecule has 24 heavy (non-hydrogen) atoms. The van der Waals surface area contributed by atoms with Gasteiger partial charge in [0.1, 0.15) is 0 Å². The van der Waals surface area contributed by atoms with E-state index in [0.29, 0.717) is 17.9 Å². The van der Waals surface area contributed by atoms with E-state index in [1.807, 2.05) is 18.7 Å². The molecule has 1 aromatic rings. The number of rotatable bonds is 4. The second-order valence-corrected chi connectivity index (χ2v) is 7.87. The fourth-order valence-corrected chi connectivity index (χ4v) is 4.97. The molecule has 1 heterocycles. The normalized spacial score (nSPS) is 30.9. The van der Waals surface area contributed by atoms with Crippen LogP contribution in [0, 0.1) is 31.6 Å². The molecule has 5 nitrogen and oxygen atoms in total. The van der Waals surface area contributed by atoms with Crippen molar-refractivity contribution in [2.75, 3.05) is 0 Å². The minimum Gasteiger partial charge on any atom is -0.349 e. The molecule has 2 fully saturated rings. The van der Waals surface area contributed by atoms with Crippen molar-refractivity contribution in [1.29, 1.82) is 0 Å². The Labute approximate surface area is 145 Å². The van der Waals surface area contributed by atoms with Crippen LogP contribution in [0.3, 0.4) is 0 Å². The van der Waals surface area contributed by atoms with E-state index in [1.165, 1.54) is 24.8 Å². The summed E-state index contributed by atoms with van der Waals surface area (Å²) in [7, 11) is 1.96. The Balaban J connectivity index is 1.71. The molecule has 0 aromatic carbocycles. The number of aryl methyl sites for hydroxylation is 2. The van der Waals surface area contributed by atoms with Crippen LogP contribution in [-0.2, 0) is 11.8 Å². The number of nitrogens with one attached hydrogen (secondary N) is 1. The first-order chi connectivity index (χ1) is 11.4. The molecule has 5 heteroatoms. The highest BCUT2D eigenvalue weighted by Gasteiger charge is 2.40. The Bertz CT molecular complexity index is 595. The van der Waals surface area contributed by atoms with E-state index in [9.17, 15) is 4.79 Å². The number of aromatic nitrogens is 2. The van der Waals surface area contributed by atoms with Crippen molar-refractivity contribution in [2.45, 2.75) is 71.4 Å². The molecule has 3 atom stereocenters. The van der Waals surface area contributed by atoms with Crippen molar-refractivity contribution in [3.05, 3.63) is 17.0 Å². The van der Waals surface area contributed by atoms with E-state index in [-0.39, 0.29) is 17.9 Å². The van der Waals surface area contributed by atoms with Crippen molar-refractivity contribution in [2.24, 2.45) is 30.5 Å². The molecule has 2 aliphatic carbocycles. The second kappa shape index (κ2) is 6.87. The van der Waals surface area contributed by atoms with Crippen molar-refractivity contribution >= 4 is 5.91 Å². The lowest BCUT2D eigenvalue weighted by Gasteiger charge is -2.43. The lowest BCUT2D eigenvalue weighted by Crippen LogP contribution is -2.49. The summed E-state index contributed by atoms with van der Waals surface area (Å²) in [5.41, 5.74) is 9.71. The zero-order valence-electron chi connectivity index (χ0n) is 15.5. The van der Waals surface area contributed by atoms with Crippen LogP contribution in [0.25, 0.3) is 0 Å². The molecule has 3 unspecified atom stereocenters. The van der Waals surface area contributed by atoms with Gasteiger partial charge in [-0.25, -0.2) is 0 Å². The van der Waals surface area contributed by atoms with Gasteiger partial charge >= 0.3 is 0 Å². The molecular weight excluding hydrogens is 300 g/mol. The molecular formula is C19H32N4O. The van der Waals surface area contributed by atoms with Crippen molar-refractivity contribution in [1.82, 2.24) is 15.1 Å². The van der Waals surface area contributed by atoms with Crippen molar-refractivity contribution < 1.29 is 4.79 Å². The van der Waals surface area contributed by atoms with Gasteiger partial charge in [-0.05, 0) is 57.8 Å². The van der Waals surface area contributed by atoms with E-state index in [1.54, 1.807) is 0 Å². The summed E-state index contributed by atoms with van der Waals surface area (Å²) in [6.45, 7) is 6.23. The summed E-state index contributed by atoms with van der Waals surface area (Å²) in [6, 6.07) is 0.370. The number of nitrogens with two attached hydrogens (primary N) is 1. The Morgan fingerprint density at radius 2 is 1.96 bits per heavy atom. The van der Waals surface area contributed by atoms with Gasteiger partial charge in [-0.3, -0.25) is 9.48 Å². The molecule has 0 aliphatic heterocycles. The smallest absolute Gasteiger partial charge is 0.223 e. The van der Waals surface area contributed by atoms with Gasteiger partial charge < -0.3 is 11.1 Å². The molecule has 3 rings (SSSR count). The Morgan fingerprint density at radius 1 is 1.33 bits per heavy atom. The predicted octanol–water partition coefficient (Wildman–Crippen LogP) is 2.76. The van der Waals surface area contributed by atoms with Crippen LogP contribution >= 0.6 is 0 Å². The summed E-state index contributed by atoms with van der Waals surface area (Å²) in [5.74, 6) is 1.42. The lowest BCUT2D eigenvalue weighted by atomic mass is 9.65. The van der Waals surface area contributed by atoms with Crippen LogP contribution in [0.15, 0.2) is 0 Å². The van der Waals surface area contributed by atoms with Gasteiger partial charge in [0.05, 0.1) is 11.7 Å². The summed E-state index contributed by atoms with van der Waals surface area (Å²) in [6.07, 6.45) is 6.48. The Kier molecular flexibility index (Phi) is 5.00. The third kappa shape index (κ3) is 3.10. The average Bonchev–Trinajstić information content (AvgIpc) is 2.77. The molecule has 3 N–H and O–H groups in total. The van der Waals surface area contributed by atoms with Crippen LogP contribution in [0.1, 0.15) is 68.4 Å². The van der Waals surface area contributed by atoms with E-state index < -0.39 is 0 Å². The number of nitrogens with zero attached hydrogens (tertiary/aromatic N) is 2. The van der Waals surface area contributed by atoms with E-state index in [0.717, 1.165) is 30.7 Å². The molecule has 134 valence electrons. The van der Waals surface area contributed by atoms with Crippen molar-refractivity contribution in [3.63, 3.8) is 0 Å². The molecule has 1 aromatic heterocycles. The second-order valence-electron chi connectivity index (χ2n) is 7.87. The average molecular weight is 332 g/mol. The lowest BCUT2D eigenvalue weighted by molar-refractivity contribution is -0.128. The van der Waals surface area contributed by atoms with Gasteiger partial charge in [0.15, 0.2) is 0 Å². The Hall–Kier alpha value is -1.36. The summed E-state index contributed by atoms with van der Waals surface area (Å²) in [5, 5.41) is 7.82. The number of hydrogen-bond donors (Lipinski definition) is 2. The number of carbonyl (C=O) groups excluding carboxylic acids is 1. The fraction of sp³-hybridized carbons (Fsp3) is 0.789. The minimum atomic E-state index is 0.0571. The van der Waals surface area contributed by atoms with Gasteiger partial charge in [-0.1, -0.05) is 13.3 Å². The van der Waals surface area contributed by atoms with E-state index >= 15 is 0 Å². The maximum atomic E-state index is 12.9. The molecule has 1 amide bonds. The van der Waals surface area contributed by atoms with E-state index in [4.69, 9.17) is 5.73 Å². The molecule has 2 saturated carbocycles. The molecule has 2 aliphatic rings. The van der Waals surface area contributed by atoms with Crippen LogP contribution in [-0.4, -0.2) is 21.7 Å². The first-order valence-electron chi connectivity index (χ1n) is 9.48. The van der Waals surface area contributed by atoms with Crippen LogP contribution in [0.5, 0.6) is 0 Å². The highest BCUT2D eigenvalue weighted by molar-refractivity contribution is 5.79. The van der Waals surface area contributed by atoms with Gasteiger partial charge in [0.2, 0.25) is 5.91 Å². The SMILES string of the molecule is CCC(NC(=O)C1CC2CCCC(C1)C2N)c1c(C)nn(C)c1C. The molecule has 0 spiro atoms. The third-order valence-corrected chi connectivity index (χ3v) is 6.42. The van der Waals surface area contributed by atoms with Crippen LogP contribution < -0.4 is 11.1 Å². The molecule has 2 bridgehead atoms. The van der Waals surface area contributed by atoms with Gasteiger partial charge in [0, 0.05) is 30.3 Å². The Morgan fingerprint density at radius 3 is 2.46 bits per heavy atom. The van der Waals surface area contributed by atoms with Gasteiger partial charge in [0.25, 0.3) is 0 Å². The quantitative estimate of drug-likeness (QED) is 0.890. The maximum absolute atomic E-state index is 12.9. The third-order valence-electron chi connectivity index (χ3n) is 6.42. The van der Waals surface area contributed by atoms with E-state index in [2.05, 4.69) is 24.3 Å². The van der Waals surface area contributed by atoms with Crippen molar-refractivity contribution in [3.8, 4) is 0 Å². The summed E-state index contributed by atoms with van der Waals surface area (Å²) in [4.78, 5) is 12.9. The number of fused-ring (bicyclic) bond motifs is 2. The predicted molar refractivity (Wildman–Crippen MR) is 95.4 cm³/mol. The number of amides is 1. The standard InChI is InChI=1S/C19H32N4O/c1-5-16(17-11(2)22-23(4)12(17)3)21-19(24)15-9-13-7-6-8-14(10-15)18(13)20/h13-16,18H,5-10,20H2,1-4H3,(H,21,24). The summed E-state index contributed by atoms with van der Waals surface area (Å²) < 4.78 is 1.91.